The Morgan fingerprint density at radius 2 is 1.75 bits per heavy atom. The molecule has 5 rings (SSSR count). The second-order valence-corrected chi connectivity index (χ2v) is 15.1. The van der Waals surface area contributed by atoms with Crippen molar-refractivity contribution in [3.63, 3.8) is 0 Å². The maximum absolute atomic E-state index is 13.5. The van der Waals surface area contributed by atoms with Gasteiger partial charge < -0.3 is 19.8 Å². The summed E-state index contributed by atoms with van der Waals surface area (Å²) < 4.78 is 5.40. The van der Waals surface area contributed by atoms with Crippen LogP contribution in [0.1, 0.15) is 83.6 Å². The number of alkyl halides is 2. The number of esters is 1. The first kappa shape index (κ1) is 33.7. The molecule has 9 heteroatoms. The van der Waals surface area contributed by atoms with Gasteiger partial charge in [-0.1, -0.05) is 26.0 Å². The van der Waals surface area contributed by atoms with E-state index in [1.165, 1.54) is 0 Å². The largest absolute Gasteiger partial charge is 0.458 e. The fourth-order valence-corrected chi connectivity index (χ4v) is 10.3. The lowest BCUT2D eigenvalue weighted by atomic mass is 9.43. The molecule has 0 heterocycles. The highest BCUT2D eigenvalue weighted by molar-refractivity contribution is 6.18. The van der Waals surface area contributed by atoms with E-state index < -0.39 is 35.5 Å². The molecular weight excluding hydrogens is 601 g/mol. The van der Waals surface area contributed by atoms with Crippen molar-refractivity contribution < 1.29 is 29.3 Å². The standard InChI is InChI=1S/C35H49Cl2NO6/c1-33-14-12-26(39)20-24(33)8-11-27-28-13-15-35(43,34(28,2)21-29(40)32(27)33)30(41)22-44-31(42)5-3-4-23-6-9-25(10-7-23)38(18-16-36)19-17-37/h6-7,9-10,24,27-29,32,40,43H,3-5,8,11-22H2,1-2H3/t24?,27-,28-,29-,32+,33-,34-,35-/m1/s1. The average molecular weight is 651 g/mol. The van der Waals surface area contributed by atoms with Gasteiger partial charge in [0.2, 0.25) is 5.78 Å². The van der Waals surface area contributed by atoms with E-state index in [1.54, 1.807) is 0 Å². The van der Waals surface area contributed by atoms with E-state index in [2.05, 4.69) is 11.8 Å². The third-order valence-electron chi connectivity index (χ3n) is 12.2. The third-order valence-corrected chi connectivity index (χ3v) is 12.6. The smallest absolute Gasteiger partial charge is 0.306 e. The Labute approximate surface area is 272 Å². The quantitative estimate of drug-likeness (QED) is 0.220. The molecule has 7 nitrogen and oxygen atoms in total. The number of ether oxygens (including phenoxy) is 1. The number of ketones is 2. The summed E-state index contributed by atoms with van der Waals surface area (Å²) in [6, 6.07) is 8.15. The molecule has 0 aliphatic heterocycles. The number of aliphatic hydroxyl groups is 2. The maximum atomic E-state index is 13.5. The number of benzene rings is 1. The Morgan fingerprint density at radius 1 is 1.05 bits per heavy atom. The molecule has 4 aliphatic carbocycles. The van der Waals surface area contributed by atoms with Crippen LogP contribution >= 0.6 is 23.2 Å². The predicted octanol–water partition coefficient (Wildman–Crippen LogP) is 5.72. The van der Waals surface area contributed by atoms with E-state index in [-0.39, 0.29) is 29.6 Å². The Balaban J connectivity index is 1.14. The van der Waals surface area contributed by atoms with Crippen LogP contribution in [0, 0.1) is 34.5 Å². The SMILES string of the molecule is C[C@@]12CCC(=O)CC1CC[C@H]1[C@H]2[C@H](O)C[C@]2(C)[C@@H]1CC[C@@]2(O)C(=O)COC(=O)CCCc1ccc(N(CCCl)CCCl)cc1. The number of hydrogen-bond acceptors (Lipinski definition) is 7. The molecule has 0 amide bonds. The number of fused-ring (bicyclic) bond motifs is 5. The van der Waals surface area contributed by atoms with Crippen molar-refractivity contribution >= 4 is 46.4 Å². The molecule has 0 saturated heterocycles. The van der Waals surface area contributed by atoms with Crippen molar-refractivity contribution in [1.82, 2.24) is 0 Å². The number of Topliss-reactive ketones (excluding diaryl/α,β-unsaturated/α-hetero) is 2. The number of anilines is 1. The van der Waals surface area contributed by atoms with Gasteiger partial charge >= 0.3 is 5.97 Å². The van der Waals surface area contributed by atoms with Crippen molar-refractivity contribution in [3.05, 3.63) is 29.8 Å². The summed E-state index contributed by atoms with van der Waals surface area (Å²) in [7, 11) is 0. The first-order valence-corrected chi connectivity index (χ1v) is 17.6. The van der Waals surface area contributed by atoms with Crippen LogP contribution in [0.2, 0.25) is 0 Å². The fraction of sp³-hybridized carbons (Fsp3) is 0.743. The number of carbonyl (C=O) groups excluding carboxylic acids is 3. The molecule has 0 radical (unpaired) electrons. The zero-order valence-corrected chi connectivity index (χ0v) is 27.8. The molecule has 4 saturated carbocycles. The second kappa shape index (κ2) is 13.6. The van der Waals surface area contributed by atoms with E-state index in [1.807, 2.05) is 31.2 Å². The van der Waals surface area contributed by atoms with Crippen molar-refractivity contribution in [2.24, 2.45) is 34.5 Å². The van der Waals surface area contributed by atoms with E-state index >= 15 is 0 Å². The Kier molecular flexibility index (Phi) is 10.4. The van der Waals surface area contributed by atoms with Crippen molar-refractivity contribution in [3.8, 4) is 0 Å². The number of nitrogens with zero attached hydrogens (tertiary/aromatic N) is 1. The normalized spacial score (nSPS) is 36.2. The lowest BCUT2D eigenvalue weighted by molar-refractivity contribution is -0.199. The van der Waals surface area contributed by atoms with Crippen molar-refractivity contribution in [1.29, 1.82) is 0 Å². The average Bonchev–Trinajstić information content (AvgIpc) is 3.27. The summed E-state index contributed by atoms with van der Waals surface area (Å²) in [6.45, 7) is 5.21. The van der Waals surface area contributed by atoms with Crippen LogP contribution in [0.3, 0.4) is 0 Å². The molecule has 244 valence electrons. The number of halogens is 2. The van der Waals surface area contributed by atoms with Gasteiger partial charge in [-0.2, -0.15) is 0 Å². The lowest BCUT2D eigenvalue weighted by Gasteiger charge is -2.62. The molecule has 8 atom stereocenters. The number of aryl methyl sites for hydroxylation is 1. The lowest BCUT2D eigenvalue weighted by Crippen LogP contribution is -2.63. The first-order valence-electron chi connectivity index (χ1n) is 16.5. The van der Waals surface area contributed by atoms with Gasteiger partial charge in [0.05, 0.1) is 6.10 Å². The highest BCUT2D eigenvalue weighted by atomic mass is 35.5. The molecule has 2 N–H and O–H groups in total. The zero-order valence-electron chi connectivity index (χ0n) is 26.2. The summed E-state index contributed by atoms with van der Waals surface area (Å²) in [5.74, 6) is 1.17. The van der Waals surface area contributed by atoms with Crippen LogP contribution in [0.15, 0.2) is 24.3 Å². The molecule has 4 aliphatic rings. The number of aliphatic hydroxyl groups excluding tert-OH is 1. The van der Waals surface area contributed by atoms with Crippen molar-refractivity contribution in [2.75, 3.05) is 36.4 Å². The predicted molar refractivity (Wildman–Crippen MR) is 172 cm³/mol. The number of hydrogen-bond donors (Lipinski definition) is 2. The summed E-state index contributed by atoms with van der Waals surface area (Å²) in [4.78, 5) is 40.5. The minimum Gasteiger partial charge on any atom is -0.458 e. The van der Waals surface area contributed by atoms with Gasteiger partial charge in [-0.15, -0.1) is 23.2 Å². The Bertz CT molecular complexity index is 1200. The van der Waals surface area contributed by atoms with Crippen LogP contribution < -0.4 is 4.90 Å². The monoisotopic (exact) mass is 649 g/mol. The van der Waals surface area contributed by atoms with Gasteiger partial charge in [-0.3, -0.25) is 14.4 Å². The summed E-state index contributed by atoms with van der Waals surface area (Å²) in [5, 5.41) is 23.5. The summed E-state index contributed by atoms with van der Waals surface area (Å²) >= 11 is 11.8. The van der Waals surface area contributed by atoms with Crippen LogP contribution in [0.4, 0.5) is 5.69 Å². The molecule has 1 aromatic rings. The zero-order chi connectivity index (χ0) is 31.7. The number of carbonyl (C=O) groups is 3. The van der Waals surface area contributed by atoms with Gasteiger partial charge in [0.25, 0.3) is 0 Å². The van der Waals surface area contributed by atoms with Crippen LogP contribution in [0.5, 0.6) is 0 Å². The minimum atomic E-state index is -1.63. The topological polar surface area (TPSA) is 104 Å². The van der Waals surface area contributed by atoms with E-state index in [0.29, 0.717) is 68.4 Å². The van der Waals surface area contributed by atoms with Gasteiger partial charge in [0, 0.05) is 55.2 Å². The van der Waals surface area contributed by atoms with Crippen molar-refractivity contribution in [2.45, 2.75) is 96.2 Å². The summed E-state index contributed by atoms with van der Waals surface area (Å²) in [6.07, 6.45) is 6.08. The third kappa shape index (κ3) is 6.20. The molecule has 44 heavy (non-hydrogen) atoms. The van der Waals surface area contributed by atoms with Gasteiger partial charge in [-0.25, -0.2) is 0 Å². The molecule has 1 aromatic carbocycles. The molecule has 0 bridgehead atoms. The van der Waals surface area contributed by atoms with Crippen LogP contribution in [-0.4, -0.2) is 70.9 Å². The molecule has 0 spiro atoms. The molecule has 0 aromatic heterocycles. The summed E-state index contributed by atoms with van der Waals surface area (Å²) in [5.41, 5.74) is -0.339. The minimum absolute atomic E-state index is 0.0779. The molecule has 4 fully saturated rings. The molecule has 1 unspecified atom stereocenters. The van der Waals surface area contributed by atoms with Gasteiger partial charge in [0.15, 0.2) is 6.61 Å². The van der Waals surface area contributed by atoms with Gasteiger partial charge in [-0.05, 0) is 98.1 Å². The number of rotatable bonds is 12. The van der Waals surface area contributed by atoms with Gasteiger partial charge in [0.1, 0.15) is 11.4 Å². The highest BCUT2D eigenvalue weighted by Crippen LogP contribution is 2.68. The molecular formula is C35H49Cl2NO6. The first-order chi connectivity index (χ1) is 21.0. The maximum Gasteiger partial charge on any atom is 0.306 e. The Hall–Kier alpha value is -1.67. The van der Waals surface area contributed by atoms with E-state index in [0.717, 1.165) is 43.6 Å². The second-order valence-electron chi connectivity index (χ2n) is 14.4. The Morgan fingerprint density at radius 3 is 2.43 bits per heavy atom. The van der Waals surface area contributed by atoms with E-state index in [9.17, 15) is 24.6 Å². The fourth-order valence-electron chi connectivity index (χ4n) is 9.86. The van der Waals surface area contributed by atoms with Crippen LogP contribution in [0.25, 0.3) is 0 Å². The van der Waals surface area contributed by atoms with E-state index in [4.69, 9.17) is 27.9 Å². The highest BCUT2D eigenvalue weighted by Gasteiger charge is 2.68. The van der Waals surface area contributed by atoms with Crippen LogP contribution in [-0.2, 0) is 25.5 Å².